The number of hydrogen-bond acceptors (Lipinski definition) is 8. The third-order valence-corrected chi connectivity index (χ3v) is 7.33. The highest BCUT2D eigenvalue weighted by Crippen LogP contribution is 2.67. The second kappa shape index (κ2) is 7.30. The smallest absolute Gasteiger partial charge is 0.229 e. The van der Waals surface area contributed by atoms with Gasteiger partial charge >= 0.3 is 0 Å². The molecule has 3 aliphatic carbocycles. The molecule has 0 bridgehead atoms. The quantitative estimate of drug-likeness (QED) is 0.430. The Hall–Kier alpha value is -3.42. The zero-order valence-electron chi connectivity index (χ0n) is 18.0. The lowest BCUT2D eigenvalue weighted by Crippen LogP contribution is -2.41. The molecule has 3 aliphatic rings. The fourth-order valence-electron chi connectivity index (χ4n) is 5.29. The number of nitrogens with zero attached hydrogens (tertiary/aromatic N) is 4. The summed E-state index contributed by atoms with van der Waals surface area (Å²) in [5.74, 6) is 6.79. The van der Waals surface area contributed by atoms with Gasteiger partial charge in [0.2, 0.25) is 11.7 Å². The van der Waals surface area contributed by atoms with Crippen LogP contribution in [0.1, 0.15) is 43.3 Å². The highest BCUT2D eigenvalue weighted by molar-refractivity contribution is 5.88. The largest absolute Gasteiger partial charge is 0.456 e. The van der Waals surface area contributed by atoms with Crippen LogP contribution in [-0.4, -0.2) is 60.9 Å². The first-order valence-corrected chi connectivity index (χ1v) is 11.2. The van der Waals surface area contributed by atoms with Crippen molar-refractivity contribution in [3.8, 4) is 11.8 Å². The minimum Gasteiger partial charge on any atom is -0.456 e. The van der Waals surface area contributed by atoms with E-state index in [4.69, 9.17) is 4.42 Å². The molecule has 3 fully saturated rings. The number of aromatic nitrogens is 4. The minimum atomic E-state index is -1.16. The molecule has 33 heavy (non-hydrogen) atoms. The molecule has 0 saturated heterocycles. The van der Waals surface area contributed by atoms with Crippen LogP contribution in [0.25, 0.3) is 11.2 Å². The molecule has 3 saturated carbocycles. The van der Waals surface area contributed by atoms with Gasteiger partial charge in [0.1, 0.15) is 6.10 Å². The van der Waals surface area contributed by atoms with Crippen LogP contribution in [0.4, 0.5) is 5.82 Å². The molecule has 0 radical (unpaired) electrons. The third kappa shape index (κ3) is 2.96. The molecule has 3 heterocycles. The fraction of sp³-hybridized carbons (Fsp3) is 0.478. The van der Waals surface area contributed by atoms with Gasteiger partial charge in [0.05, 0.1) is 30.2 Å². The Morgan fingerprint density at radius 1 is 1.30 bits per heavy atom. The summed E-state index contributed by atoms with van der Waals surface area (Å²) in [5.41, 5.74) is 0.105. The lowest BCUT2D eigenvalue weighted by atomic mass is 9.93. The average molecular weight is 448 g/mol. The summed E-state index contributed by atoms with van der Waals surface area (Å²) < 4.78 is 7.04. The molecular formula is C23H24N6O4. The molecule has 4 N–H and O–H groups in total. The van der Waals surface area contributed by atoms with Crippen molar-refractivity contribution < 1.29 is 19.4 Å². The SMILES string of the molecule is CNC(=O)C12CC1[C@@H](n1cnc3c(NC4CCC4)nc(C#Cc4ccco4)nc31)[C@H](O)[C@@H]2O. The zero-order valence-corrected chi connectivity index (χ0v) is 18.0. The molecule has 0 spiro atoms. The van der Waals surface area contributed by atoms with Gasteiger partial charge in [-0.1, -0.05) is 0 Å². The van der Waals surface area contributed by atoms with Gasteiger partial charge in [-0.3, -0.25) is 4.79 Å². The number of rotatable bonds is 4. The van der Waals surface area contributed by atoms with Crippen LogP contribution < -0.4 is 10.6 Å². The molecule has 3 aromatic heterocycles. The van der Waals surface area contributed by atoms with E-state index in [1.807, 2.05) is 0 Å². The standard InChI is InChI=1S/C23H24N6O4/c1-24-22(32)23-10-14(23)17(18(30)19(23)31)29-11-25-16-20(26-12-4-2-5-12)27-15(28-21(16)29)8-7-13-6-3-9-33-13/h3,6,9,11-12,14,17-19,30-31H,2,4-5,10H2,1H3,(H,24,32)(H,26,27,28)/t14?,17-,18+,19+,23?/m1/s1. The topological polar surface area (TPSA) is 138 Å². The number of hydrogen-bond donors (Lipinski definition) is 4. The van der Waals surface area contributed by atoms with Crippen molar-refractivity contribution in [3.63, 3.8) is 0 Å². The van der Waals surface area contributed by atoms with E-state index in [0.717, 1.165) is 12.8 Å². The zero-order chi connectivity index (χ0) is 22.7. The van der Waals surface area contributed by atoms with Crippen molar-refractivity contribution in [1.82, 2.24) is 24.8 Å². The van der Waals surface area contributed by atoms with Crippen LogP contribution in [0.2, 0.25) is 0 Å². The maximum atomic E-state index is 12.5. The van der Waals surface area contributed by atoms with E-state index in [0.29, 0.717) is 41.0 Å². The normalized spacial score (nSPS) is 30.3. The maximum Gasteiger partial charge on any atom is 0.229 e. The van der Waals surface area contributed by atoms with E-state index < -0.39 is 23.7 Å². The predicted molar refractivity (Wildman–Crippen MR) is 117 cm³/mol. The van der Waals surface area contributed by atoms with Gasteiger partial charge in [-0.05, 0) is 49.7 Å². The number of imidazole rings is 1. The summed E-state index contributed by atoms with van der Waals surface area (Å²) in [5, 5.41) is 27.7. The summed E-state index contributed by atoms with van der Waals surface area (Å²) >= 11 is 0. The van der Waals surface area contributed by atoms with Crippen molar-refractivity contribution in [1.29, 1.82) is 0 Å². The van der Waals surface area contributed by atoms with Gasteiger partial charge in [-0.2, -0.15) is 0 Å². The Labute approximate surface area is 189 Å². The van der Waals surface area contributed by atoms with Crippen molar-refractivity contribution in [2.45, 2.75) is 50.0 Å². The number of carbonyl (C=O) groups is 1. The Morgan fingerprint density at radius 2 is 2.15 bits per heavy atom. The number of nitrogens with one attached hydrogen (secondary N) is 2. The molecule has 10 nitrogen and oxygen atoms in total. The number of aliphatic hydroxyl groups excluding tert-OH is 2. The number of anilines is 1. The second-order valence-corrected chi connectivity index (χ2v) is 9.08. The first kappa shape index (κ1) is 20.2. The average Bonchev–Trinajstić information content (AvgIpc) is 3.07. The predicted octanol–water partition coefficient (Wildman–Crippen LogP) is 0.812. The summed E-state index contributed by atoms with van der Waals surface area (Å²) in [6, 6.07) is 3.31. The molecule has 170 valence electrons. The van der Waals surface area contributed by atoms with Crippen molar-refractivity contribution in [2.75, 3.05) is 12.4 Å². The van der Waals surface area contributed by atoms with Crippen LogP contribution in [0.15, 0.2) is 29.1 Å². The summed E-state index contributed by atoms with van der Waals surface area (Å²) in [7, 11) is 1.54. The van der Waals surface area contributed by atoms with Crippen molar-refractivity contribution >= 4 is 22.9 Å². The van der Waals surface area contributed by atoms with Gasteiger partial charge in [0.15, 0.2) is 22.7 Å². The van der Waals surface area contributed by atoms with Crippen LogP contribution in [0.3, 0.4) is 0 Å². The van der Waals surface area contributed by atoms with Crippen LogP contribution in [-0.2, 0) is 4.79 Å². The first-order chi connectivity index (χ1) is 16.0. The fourth-order valence-corrected chi connectivity index (χ4v) is 5.29. The second-order valence-electron chi connectivity index (χ2n) is 9.08. The van der Waals surface area contributed by atoms with Crippen molar-refractivity contribution in [2.24, 2.45) is 11.3 Å². The molecular weight excluding hydrogens is 424 g/mol. The van der Waals surface area contributed by atoms with Crippen molar-refractivity contribution in [3.05, 3.63) is 36.3 Å². The lowest BCUT2D eigenvalue weighted by Gasteiger charge is -2.27. The molecule has 10 heteroatoms. The lowest BCUT2D eigenvalue weighted by molar-refractivity contribution is -0.132. The summed E-state index contributed by atoms with van der Waals surface area (Å²) in [6.45, 7) is 0. The molecule has 5 atom stereocenters. The Balaban J connectivity index is 1.43. The minimum absolute atomic E-state index is 0.212. The molecule has 6 rings (SSSR count). The molecule has 3 aromatic rings. The number of carbonyl (C=O) groups excluding carboxylic acids is 1. The van der Waals surface area contributed by atoms with Gasteiger partial charge < -0.3 is 29.8 Å². The van der Waals surface area contributed by atoms with Gasteiger partial charge in [-0.15, -0.1) is 0 Å². The number of amides is 1. The first-order valence-electron chi connectivity index (χ1n) is 11.2. The maximum absolute atomic E-state index is 12.5. The van der Waals surface area contributed by atoms with E-state index in [2.05, 4.69) is 37.4 Å². The third-order valence-electron chi connectivity index (χ3n) is 7.33. The Bertz CT molecular complexity index is 1290. The molecule has 1 amide bonds. The van der Waals surface area contributed by atoms with E-state index in [1.54, 1.807) is 36.3 Å². The number of fused-ring (bicyclic) bond motifs is 2. The monoisotopic (exact) mass is 448 g/mol. The van der Waals surface area contributed by atoms with Gasteiger partial charge in [0.25, 0.3) is 0 Å². The number of furan rings is 1. The highest BCUT2D eigenvalue weighted by Gasteiger charge is 2.75. The van der Waals surface area contributed by atoms with E-state index in [9.17, 15) is 15.0 Å². The summed E-state index contributed by atoms with van der Waals surface area (Å²) in [4.78, 5) is 26.3. The van der Waals surface area contributed by atoms with Gasteiger partial charge in [0, 0.05) is 19.0 Å². The van der Waals surface area contributed by atoms with E-state index in [1.165, 1.54) is 6.42 Å². The number of aliphatic hydroxyl groups is 2. The summed E-state index contributed by atoms with van der Waals surface area (Å²) in [6.07, 6.45) is 4.67. The molecule has 2 unspecified atom stereocenters. The molecule has 0 aromatic carbocycles. The van der Waals surface area contributed by atoms with Crippen LogP contribution in [0, 0.1) is 23.2 Å². The Morgan fingerprint density at radius 3 is 2.85 bits per heavy atom. The van der Waals surface area contributed by atoms with Crippen LogP contribution >= 0.6 is 0 Å². The van der Waals surface area contributed by atoms with Crippen LogP contribution in [0.5, 0.6) is 0 Å². The highest BCUT2D eigenvalue weighted by atomic mass is 16.3. The van der Waals surface area contributed by atoms with E-state index in [-0.39, 0.29) is 11.8 Å². The Kier molecular flexibility index (Phi) is 4.47. The van der Waals surface area contributed by atoms with E-state index >= 15 is 0 Å². The molecule has 0 aliphatic heterocycles. The van der Waals surface area contributed by atoms with Gasteiger partial charge in [-0.25, -0.2) is 15.0 Å².